The van der Waals surface area contributed by atoms with E-state index in [0.717, 1.165) is 37.7 Å². The highest BCUT2D eigenvalue weighted by Gasteiger charge is 2.60. The molecule has 1 aromatic carbocycles. The molecule has 0 spiro atoms. The molecule has 34 heavy (non-hydrogen) atoms. The summed E-state index contributed by atoms with van der Waals surface area (Å²) in [6.45, 7) is 6.07. The van der Waals surface area contributed by atoms with Crippen LogP contribution in [0.3, 0.4) is 0 Å². The van der Waals surface area contributed by atoms with Gasteiger partial charge in [-0.15, -0.1) is 0 Å². The molecule has 0 bridgehead atoms. The molecule has 0 radical (unpaired) electrons. The van der Waals surface area contributed by atoms with E-state index in [9.17, 15) is 23.4 Å². The fourth-order valence-electron chi connectivity index (χ4n) is 7.92. The Morgan fingerprint density at radius 1 is 1.24 bits per heavy atom. The van der Waals surface area contributed by atoms with Gasteiger partial charge in [0.2, 0.25) is 10.0 Å². The number of rotatable bonds is 4. The van der Waals surface area contributed by atoms with Crippen molar-refractivity contribution in [3.63, 3.8) is 0 Å². The normalized spacial score (nSPS) is 36.7. The Labute approximate surface area is 201 Å². The first-order valence-corrected chi connectivity index (χ1v) is 13.7. The second kappa shape index (κ2) is 7.82. The third-order valence-electron chi connectivity index (χ3n) is 9.47. The molecule has 1 unspecified atom stereocenters. The number of hydrogen-bond donors (Lipinski definition) is 3. The van der Waals surface area contributed by atoms with E-state index in [0.29, 0.717) is 24.2 Å². The Balaban J connectivity index is 1.52. The van der Waals surface area contributed by atoms with Gasteiger partial charge in [0.1, 0.15) is 10.5 Å². The number of fused-ring (bicyclic) bond motifs is 5. The molecule has 6 atom stereocenters. The molecule has 0 aliphatic heterocycles. The monoisotopic (exact) mass is 483 g/mol. The van der Waals surface area contributed by atoms with Crippen molar-refractivity contribution in [2.45, 2.75) is 62.5 Å². The summed E-state index contributed by atoms with van der Waals surface area (Å²) in [5, 5.41) is 25.7. The van der Waals surface area contributed by atoms with Crippen LogP contribution in [-0.2, 0) is 21.2 Å². The van der Waals surface area contributed by atoms with Crippen LogP contribution in [0.4, 0.5) is 0 Å². The first kappa shape index (κ1) is 23.4. The van der Waals surface area contributed by atoms with Crippen molar-refractivity contribution < 1.29 is 23.4 Å². The van der Waals surface area contributed by atoms with Crippen LogP contribution in [0.15, 0.2) is 48.6 Å². The number of primary sulfonamides is 1. The minimum absolute atomic E-state index is 0.0232. The number of nitrogens with two attached hydrogens (primary N) is 1. The number of allylic oxidation sites excluding steroid dienone is 2. The second-order valence-corrected chi connectivity index (χ2v) is 13.0. The quantitative estimate of drug-likeness (QED) is 0.537. The van der Waals surface area contributed by atoms with Gasteiger partial charge < -0.3 is 10.2 Å². The molecule has 6 nitrogen and oxygen atoms in total. The Morgan fingerprint density at radius 2 is 2.00 bits per heavy atom. The number of aliphatic hydroxyl groups is 1. The maximum atomic E-state index is 13.0. The average Bonchev–Trinajstić information content (AvgIpc) is 3.15. The lowest BCUT2D eigenvalue weighted by atomic mass is 9.55. The molecule has 4 aliphatic carbocycles. The van der Waals surface area contributed by atoms with E-state index in [-0.39, 0.29) is 29.1 Å². The first-order valence-electron chi connectivity index (χ1n) is 12.1. The third-order valence-corrected chi connectivity index (χ3v) is 11.1. The van der Waals surface area contributed by atoms with Gasteiger partial charge in [0.05, 0.1) is 0 Å². The minimum atomic E-state index is -4.04. The Hall–Kier alpha value is -2.38. The van der Waals surface area contributed by atoms with Crippen molar-refractivity contribution in [3.8, 4) is 0 Å². The lowest BCUT2D eigenvalue weighted by Crippen LogP contribution is -2.49. The fraction of sp³-hybridized carbons (Fsp3) is 0.519. The maximum absolute atomic E-state index is 13.0. The number of benzene rings is 1. The average molecular weight is 484 g/mol. The van der Waals surface area contributed by atoms with Crippen LogP contribution >= 0.6 is 0 Å². The topological polar surface area (TPSA) is 118 Å². The molecule has 182 valence electrons. The van der Waals surface area contributed by atoms with Crippen molar-refractivity contribution in [1.29, 1.82) is 0 Å². The van der Waals surface area contributed by atoms with Crippen LogP contribution in [-0.4, -0.2) is 29.3 Å². The number of carboxylic acid groups (broad SMARTS) is 1. The SMILES string of the molecule is C=C(O)c1cccc2c1[C@H]1CC[C@]3(C)C[C@H](C4(S(N)(=O)=O)C=CC=C(C(=O)O)C4)C[C@H]3[C@@H]1CC2. The number of aliphatic hydroxyl groups excluding tert-OH is 1. The van der Waals surface area contributed by atoms with E-state index in [4.69, 9.17) is 5.14 Å². The Morgan fingerprint density at radius 3 is 2.68 bits per heavy atom. The molecular weight excluding hydrogens is 450 g/mol. The van der Waals surface area contributed by atoms with Crippen LogP contribution in [0.5, 0.6) is 0 Å². The molecule has 0 amide bonds. The highest BCUT2D eigenvalue weighted by molar-refractivity contribution is 7.90. The molecule has 4 N–H and O–H groups in total. The van der Waals surface area contributed by atoms with E-state index < -0.39 is 20.7 Å². The van der Waals surface area contributed by atoms with E-state index in [1.807, 2.05) is 12.1 Å². The zero-order valence-corrected chi connectivity index (χ0v) is 20.4. The zero-order chi connectivity index (χ0) is 24.5. The van der Waals surface area contributed by atoms with Crippen LogP contribution in [0, 0.1) is 23.2 Å². The van der Waals surface area contributed by atoms with Gasteiger partial charge in [-0.1, -0.05) is 49.9 Å². The van der Waals surface area contributed by atoms with E-state index in [1.54, 1.807) is 12.2 Å². The summed E-state index contributed by atoms with van der Waals surface area (Å²) in [4.78, 5) is 11.7. The first-order chi connectivity index (χ1) is 16.0. The van der Waals surface area contributed by atoms with Gasteiger partial charge in [0.15, 0.2) is 0 Å². The predicted octanol–water partition coefficient (Wildman–Crippen LogP) is 4.69. The molecule has 1 aromatic rings. The minimum Gasteiger partial charge on any atom is -0.508 e. The van der Waals surface area contributed by atoms with E-state index in [2.05, 4.69) is 19.6 Å². The van der Waals surface area contributed by atoms with Gasteiger partial charge in [-0.2, -0.15) is 0 Å². The van der Waals surface area contributed by atoms with Gasteiger partial charge in [-0.05, 0) is 78.7 Å². The molecule has 4 aliphatic rings. The number of aliphatic carboxylic acids is 1. The summed E-state index contributed by atoms with van der Waals surface area (Å²) >= 11 is 0. The van der Waals surface area contributed by atoms with Crippen LogP contribution < -0.4 is 5.14 Å². The highest BCUT2D eigenvalue weighted by atomic mass is 32.2. The zero-order valence-electron chi connectivity index (χ0n) is 19.5. The van der Waals surface area contributed by atoms with Crippen molar-refractivity contribution in [3.05, 3.63) is 65.3 Å². The predicted molar refractivity (Wildman–Crippen MR) is 132 cm³/mol. The van der Waals surface area contributed by atoms with Gasteiger partial charge in [-0.25, -0.2) is 18.4 Å². The summed E-state index contributed by atoms with van der Waals surface area (Å²) in [5.74, 6) is -0.224. The number of aryl methyl sites for hydroxylation is 1. The molecule has 2 saturated carbocycles. The van der Waals surface area contributed by atoms with Crippen molar-refractivity contribution in [1.82, 2.24) is 0 Å². The van der Waals surface area contributed by atoms with Crippen LogP contribution in [0.25, 0.3) is 5.76 Å². The molecular formula is C27H33NO5S. The number of sulfonamides is 1. The van der Waals surface area contributed by atoms with Gasteiger partial charge in [-0.3, -0.25) is 0 Å². The van der Waals surface area contributed by atoms with Crippen LogP contribution in [0.2, 0.25) is 0 Å². The van der Waals surface area contributed by atoms with Crippen molar-refractivity contribution in [2.24, 2.45) is 28.3 Å². The standard InChI is InChI=1S/C27H33NO5S/c1-16(29)20-7-3-5-17-8-9-21-22(24(17)20)10-12-26(2)15-19(13-23(21)26)27(34(28,32)33)11-4-6-18(14-27)25(30)31/h3-7,11,19,21-23,29H,1,8-10,12-15H2,2H3,(H,30,31)(H2,28,32,33)/t19-,21-,22+,23+,26-,27?/m1/s1. The maximum Gasteiger partial charge on any atom is 0.331 e. The molecule has 0 aromatic heterocycles. The summed E-state index contributed by atoms with van der Waals surface area (Å²) in [5.41, 5.74) is 3.39. The smallest absolute Gasteiger partial charge is 0.331 e. The van der Waals surface area contributed by atoms with Crippen LogP contribution in [0.1, 0.15) is 68.1 Å². The molecule has 2 fully saturated rings. The van der Waals surface area contributed by atoms with Crippen molar-refractivity contribution >= 4 is 21.8 Å². The lowest BCUT2D eigenvalue weighted by Gasteiger charge is -2.49. The fourth-order valence-corrected chi connectivity index (χ4v) is 9.19. The molecule has 7 heteroatoms. The Kier molecular flexibility index (Phi) is 5.37. The largest absolute Gasteiger partial charge is 0.508 e. The lowest BCUT2D eigenvalue weighted by molar-refractivity contribution is -0.132. The summed E-state index contributed by atoms with van der Waals surface area (Å²) in [6, 6.07) is 6.07. The number of carbonyl (C=O) groups is 1. The van der Waals surface area contributed by atoms with E-state index in [1.165, 1.54) is 17.2 Å². The number of hydrogen-bond acceptors (Lipinski definition) is 4. The second-order valence-electron chi connectivity index (χ2n) is 11.1. The van der Waals surface area contributed by atoms with E-state index >= 15 is 0 Å². The number of carboxylic acids is 1. The van der Waals surface area contributed by atoms with Crippen molar-refractivity contribution in [2.75, 3.05) is 0 Å². The third kappa shape index (κ3) is 3.39. The molecule has 0 heterocycles. The molecule has 5 rings (SSSR count). The van der Waals surface area contributed by atoms with Gasteiger partial charge >= 0.3 is 5.97 Å². The summed E-state index contributed by atoms with van der Waals surface area (Å²) < 4.78 is 24.6. The molecule has 0 saturated heterocycles. The Bertz CT molecular complexity index is 1230. The summed E-state index contributed by atoms with van der Waals surface area (Å²) in [6.07, 6.45) is 9.93. The highest BCUT2D eigenvalue weighted by Crippen LogP contribution is 2.65. The summed E-state index contributed by atoms with van der Waals surface area (Å²) in [7, 11) is -4.04. The van der Waals surface area contributed by atoms with Gasteiger partial charge in [0, 0.05) is 17.6 Å². The van der Waals surface area contributed by atoms with Gasteiger partial charge in [0.25, 0.3) is 0 Å².